The normalized spacial score (nSPS) is 18.4. The number of nitrogens with zero attached hydrogens (tertiary/aromatic N) is 4. The molecule has 2 atom stereocenters. The molecule has 0 aliphatic heterocycles. The van der Waals surface area contributed by atoms with Crippen LogP contribution in [0.5, 0.6) is 0 Å². The van der Waals surface area contributed by atoms with Crippen molar-refractivity contribution in [2.45, 2.75) is 25.3 Å². The topological polar surface area (TPSA) is 95.8 Å². The fourth-order valence-corrected chi connectivity index (χ4v) is 4.83. The van der Waals surface area contributed by atoms with Crippen LogP contribution in [0.2, 0.25) is 0 Å². The summed E-state index contributed by atoms with van der Waals surface area (Å²) < 4.78 is 15.1. The van der Waals surface area contributed by atoms with Gasteiger partial charge < -0.3 is 15.7 Å². The van der Waals surface area contributed by atoms with Gasteiger partial charge in [-0.2, -0.15) is 4.98 Å². The first-order valence-corrected chi connectivity index (χ1v) is 11.0. The first-order valence-electron chi connectivity index (χ1n) is 10.2. The van der Waals surface area contributed by atoms with E-state index < -0.39 is 5.82 Å². The van der Waals surface area contributed by atoms with Gasteiger partial charge in [-0.3, -0.25) is 4.98 Å². The average molecular weight is 437 g/mol. The lowest BCUT2D eigenvalue weighted by Crippen LogP contribution is -2.18. The van der Waals surface area contributed by atoms with Crippen LogP contribution in [0.15, 0.2) is 48.9 Å². The molecule has 3 heterocycles. The molecule has 1 saturated carbocycles. The quantitative estimate of drug-likeness (QED) is 0.406. The lowest BCUT2D eigenvalue weighted by Gasteiger charge is -2.17. The largest absolute Gasteiger partial charge is 0.396 e. The summed E-state index contributed by atoms with van der Waals surface area (Å²) in [5.74, 6) is 0.759. The minimum Gasteiger partial charge on any atom is -0.396 e. The van der Waals surface area contributed by atoms with Crippen LogP contribution in [0.4, 0.5) is 21.8 Å². The zero-order chi connectivity index (χ0) is 21.2. The number of rotatable bonds is 6. The molecular weight excluding hydrogens is 415 g/mol. The van der Waals surface area contributed by atoms with E-state index in [1.165, 1.54) is 12.3 Å². The molecule has 158 valence electrons. The molecule has 0 bridgehead atoms. The number of thiazole rings is 1. The molecule has 31 heavy (non-hydrogen) atoms. The third-order valence-corrected chi connectivity index (χ3v) is 6.54. The molecule has 5 rings (SSSR count). The van der Waals surface area contributed by atoms with Crippen LogP contribution < -0.4 is 10.6 Å². The SMILES string of the molecule is OCC1CCC(Nc2nc(Nc3ccncc3F)ncc2-c2nc3ccccc3s2)C1. The van der Waals surface area contributed by atoms with Gasteiger partial charge in [-0.25, -0.2) is 14.4 Å². The Balaban J connectivity index is 1.50. The van der Waals surface area contributed by atoms with Crippen molar-refractivity contribution < 1.29 is 9.50 Å². The number of para-hydroxylation sites is 1. The number of aliphatic hydroxyl groups excluding tert-OH is 1. The molecular formula is C22H21FN6OS. The van der Waals surface area contributed by atoms with Gasteiger partial charge in [0.15, 0.2) is 5.82 Å². The van der Waals surface area contributed by atoms with E-state index in [4.69, 9.17) is 4.98 Å². The summed E-state index contributed by atoms with van der Waals surface area (Å²) in [6.07, 6.45) is 7.17. The van der Waals surface area contributed by atoms with Crippen molar-refractivity contribution in [1.82, 2.24) is 19.9 Å². The number of hydrogen-bond acceptors (Lipinski definition) is 8. The van der Waals surface area contributed by atoms with E-state index in [0.717, 1.165) is 46.2 Å². The second-order valence-electron chi connectivity index (χ2n) is 7.63. The van der Waals surface area contributed by atoms with Gasteiger partial charge in [0.25, 0.3) is 0 Å². The maximum absolute atomic E-state index is 14.0. The number of benzene rings is 1. The Morgan fingerprint density at radius 2 is 2.03 bits per heavy atom. The van der Waals surface area contributed by atoms with Crippen molar-refractivity contribution >= 4 is 39.0 Å². The van der Waals surface area contributed by atoms with Gasteiger partial charge in [0.1, 0.15) is 10.8 Å². The Morgan fingerprint density at radius 1 is 1.13 bits per heavy atom. The molecule has 4 aromatic rings. The first kappa shape index (κ1) is 19.8. The molecule has 0 radical (unpaired) electrons. The maximum atomic E-state index is 14.0. The second-order valence-corrected chi connectivity index (χ2v) is 8.66. The zero-order valence-corrected chi connectivity index (χ0v) is 17.4. The molecule has 3 N–H and O–H groups in total. The third-order valence-electron chi connectivity index (χ3n) is 5.47. The summed E-state index contributed by atoms with van der Waals surface area (Å²) >= 11 is 1.58. The first-order chi connectivity index (χ1) is 15.2. The summed E-state index contributed by atoms with van der Waals surface area (Å²) in [5, 5.41) is 16.8. The van der Waals surface area contributed by atoms with E-state index in [9.17, 15) is 9.50 Å². The van der Waals surface area contributed by atoms with Gasteiger partial charge >= 0.3 is 0 Å². The van der Waals surface area contributed by atoms with Crippen LogP contribution in [0.3, 0.4) is 0 Å². The number of aliphatic hydroxyl groups is 1. The number of halogens is 1. The van der Waals surface area contributed by atoms with Crippen molar-refractivity contribution in [3.8, 4) is 10.6 Å². The number of fused-ring (bicyclic) bond motifs is 1. The molecule has 1 aromatic carbocycles. The summed E-state index contributed by atoms with van der Waals surface area (Å²) in [4.78, 5) is 17.6. The lowest BCUT2D eigenvalue weighted by atomic mass is 10.1. The highest BCUT2D eigenvalue weighted by atomic mass is 32.1. The third kappa shape index (κ3) is 4.19. The molecule has 1 fully saturated rings. The van der Waals surface area contributed by atoms with Gasteiger partial charge in [-0.1, -0.05) is 12.1 Å². The summed E-state index contributed by atoms with van der Waals surface area (Å²) in [6, 6.07) is 9.71. The van der Waals surface area contributed by atoms with Gasteiger partial charge in [0.05, 0.1) is 27.7 Å². The molecule has 1 aliphatic carbocycles. The summed E-state index contributed by atoms with van der Waals surface area (Å²) in [6.45, 7) is 0.195. The van der Waals surface area contributed by atoms with Gasteiger partial charge in [0, 0.05) is 25.0 Å². The zero-order valence-electron chi connectivity index (χ0n) is 16.6. The molecule has 1 aliphatic rings. The minimum atomic E-state index is -0.475. The summed E-state index contributed by atoms with van der Waals surface area (Å²) in [7, 11) is 0. The van der Waals surface area contributed by atoms with Crippen molar-refractivity contribution in [2.75, 3.05) is 17.2 Å². The molecule has 2 unspecified atom stereocenters. The number of hydrogen-bond donors (Lipinski definition) is 3. The summed E-state index contributed by atoms with van der Waals surface area (Å²) in [5.41, 5.74) is 1.99. The highest BCUT2D eigenvalue weighted by molar-refractivity contribution is 7.21. The van der Waals surface area contributed by atoms with E-state index in [0.29, 0.717) is 11.7 Å². The highest BCUT2D eigenvalue weighted by Gasteiger charge is 2.26. The van der Waals surface area contributed by atoms with Crippen LogP contribution in [-0.4, -0.2) is 37.7 Å². The number of pyridine rings is 1. The number of nitrogens with one attached hydrogen (secondary N) is 2. The molecule has 0 amide bonds. The van der Waals surface area contributed by atoms with Crippen LogP contribution >= 0.6 is 11.3 Å². The fraction of sp³-hybridized carbons (Fsp3) is 0.273. The standard InChI is InChI=1S/C22H21FN6OS/c23-16-11-24-8-7-17(16)28-22-25-10-15(21-27-18-3-1-2-4-19(18)31-21)20(29-22)26-14-6-5-13(9-14)12-30/h1-4,7-8,10-11,13-14,30H,5-6,9,12H2,(H2,24,25,26,28,29). The van der Waals surface area contributed by atoms with Crippen LogP contribution in [0.1, 0.15) is 19.3 Å². The Labute approximate surface area is 182 Å². The average Bonchev–Trinajstić information content (AvgIpc) is 3.42. The smallest absolute Gasteiger partial charge is 0.229 e. The Bertz CT molecular complexity index is 1180. The predicted octanol–water partition coefficient (Wildman–Crippen LogP) is 4.60. The number of anilines is 3. The van der Waals surface area contributed by atoms with Crippen LogP contribution in [-0.2, 0) is 0 Å². The van der Waals surface area contributed by atoms with E-state index in [-0.39, 0.29) is 24.3 Å². The van der Waals surface area contributed by atoms with Crippen molar-refractivity contribution in [2.24, 2.45) is 5.92 Å². The monoisotopic (exact) mass is 436 g/mol. The van der Waals surface area contributed by atoms with Gasteiger partial charge in [-0.05, 0) is 43.4 Å². The Morgan fingerprint density at radius 3 is 2.84 bits per heavy atom. The molecule has 3 aromatic heterocycles. The van der Waals surface area contributed by atoms with Crippen molar-refractivity contribution in [3.05, 3.63) is 54.7 Å². The van der Waals surface area contributed by atoms with Crippen LogP contribution in [0, 0.1) is 11.7 Å². The lowest BCUT2D eigenvalue weighted by molar-refractivity contribution is 0.229. The minimum absolute atomic E-state index is 0.195. The van der Waals surface area contributed by atoms with E-state index >= 15 is 0 Å². The van der Waals surface area contributed by atoms with E-state index in [1.807, 2.05) is 24.3 Å². The molecule has 0 spiro atoms. The van der Waals surface area contributed by atoms with E-state index in [1.54, 1.807) is 17.5 Å². The Hall–Kier alpha value is -3.17. The molecule has 0 saturated heterocycles. The molecule has 9 heteroatoms. The maximum Gasteiger partial charge on any atom is 0.229 e. The van der Waals surface area contributed by atoms with Crippen molar-refractivity contribution in [1.29, 1.82) is 0 Å². The Kier molecular flexibility index (Phi) is 5.44. The second kappa shape index (κ2) is 8.52. The predicted molar refractivity (Wildman–Crippen MR) is 120 cm³/mol. The molecule has 7 nitrogen and oxygen atoms in total. The highest BCUT2D eigenvalue weighted by Crippen LogP contribution is 2.36. The van der Waals surface area contributed by atoms with Gasteiger partial charge in [0.2, 0.25) is 5.95 Å². The fourth-order valence-electron chi connectivity index (χ4n) is 3.86. The van der Waals surface area contributed by atoms with E-state index in [2.05, 4.69) is 25.6 Å². The van der Waals surface area contributed by atoms with Crippen molar-refractivity contribution in [3.63, 3.8) is 0 Å². The number of aromatic nitrogens is 4. The van der Waals surface area contributed by atoms with Gasteiger partial charge in [-0.15, -0.1) is 11.3 Å². The van der Waals surface area contributed by atoms with Crippen LogP contribution in [0.25, 0.3) is 20.8 Å².